The first-order valence-corrected chi connectivity index (χ1v) is 12.3. The van der Waals surface area contributed by atoms with E-state index in [0.717, 1.165) is 17.4 Å². The number of hydrogen-bond acceptors (Lipinski definition) is 4. The van der Waals surface area contributed by atoms with Crippen LogP contribution in [0.1, 0.15) is 43.0 Å². The fourth-order valence-electron chi connectivity index (χ4n) is 2.69. The zero-order chi connectivity index (χ0) is 22.4. The second-order valence-electron chi connectivity index (χ2n) is 8.02. The monoisotopic (exact) mass is 447 g/mol. The fourth-order valence-corrected chi connectivity index (χ4v) is 3.90. The van der Waals surface area contributed by atoms with E-state index in [4.69, 9.17) is 0 Å². The van der Waals surface area contributed by atoms with E-state index >= 15 is 0 Å². The lowest BCUT2D eigenvalue weighted by atomic mass is 9.87. The molecular weight excluding hydrogens is 418 g/mol. The van der Waals surface area contributed by atoms with Crippen molar-refractivity contribution in [3.05, 3.63) is 71.3 Å². The van der Waals surface area contributed by atoms with Gasteiger partial charge in [0.15, 0.2) is 0 Å². The third-order valence-corrected chi connectivity index (χ3v) is 5.71. The molecule has 0 aromatic heterocycles. The Kier molecular flexibility index (Phi) is 7.97. The molecule has 8 heteroatoms. The van der Waals surface area contributed by atoms with Crippen LogP contribution in [0.15, 0.2) is 49.0 Å². The molecule has 0 aliphatic rings. The molecule has 6 nitrogen and oxygen atoms in total. The molecule has 0 aliphatic heterocycles. The van der Waals surface area contributed by atoms with Gasteiger partial charge in [-0.3, -0.25) is 9.44 Å². The lowest BCUT2D eigenvalue weighted by molar-refractivity contribution is 0.246. The van der Waals surface area contributed by atoms with Gasteiger partial charge in [0.2, 0.25) is 10.0 Å². The molecule has 0 saturated carbocycles. The quantitative estimate of drug-likeness (QED) is 0.514. The molecule has 0 atom stereocenters. The molecule has 0 fully saturated rings. The van der Waals surface area contributed by atoms with E-state index in [1.165, 1.54) is 17.5 Å². The largest absolute Gasteiger partial charge is 0.333 e. The van der Waals surface area contributed by atoms with Gasteiger partial charge in [-0.1, -0.05) is 63.8 Å². The molecule has 0 aliphatic carbocycles. The zero-order valence-corrected chi connectivity index (χ0v) is 19.4. The van der Waals surface area contributed by atoms with Gasteiger partial charge in [0.05, 0.1) is 11.9 Å². The molecule has 3 N–H and O–H groups in total. The predicted molar refractivity (Wildman–Crippen MR) is 127 cm³/mol. The van der Waals surface area contributed by atoms with E-state index in [9.17, 15) is 13.2 Å². The maximum Gasteiger partial charge on any atom is 0.325 e. The summed E-state index contributed by atoms with van der Waals surface area (Å²) in [6.45, 7) is 10.7. The molecule has 0 saturated heterocycles. The van der Waals surface area contributed by atoms with Crippen molar-refractivity contribution >= 4 is 39.8 Å². The summed E-state index contributed by atoms with van der Waals surface area (Å²) >= 11 is 1.26. The number of anilines is 1. The highest BCUT2D eigenvalue weighted by atomic mass is 32.2. The minimum atomic E-state index is -3.36. The maximum atomic E-state index is 12.0. The number of hydrogen-bond donors (Lipinski definition) is 3. The minimum absolute atomic E-state index is 0.102. The Morgan fingerprint density at radius 3 is 2.30 bits per heavy atom. The molecule has 2 rings (SSSR count). The van der Waals surface area contributed by atoms with Gasteiger partial charge in [0.1, 0.15) is 0 Å². The summed E-state index contributed by atoms with van der Waals surface area (Å²) in [6.07, 6.45) is 2.69. The number of carbonyl (C=O) groups is 1. The second kappa shape index (κ2) is 10.0. The normalized spacial score (nSPS) is 11.6. The number of benzene rings is 2. The highest BCUT2D eigenvalue weighted by molar-refractivity contribution is 7.97. The molecule has 2 aromatic carbocycles. The van der Waals surface area contributed by atoms with Crippen LogP contribution in [0, 0.1) is 0 Å². The van der Waals surface area contributed by atoms with Crippen molar-refractivity contribution in [2.45, 2.75) is 38.5 Å². The van der Waals surface area contributed by atoms with Crippen molar-refractivity contribution in [2.24, 2.45) is 0 Å². The first-order valence-electron chi connectivity index (χ1n) is 9.46. The van der Waals surface area contributed by atoms with Crippen LogP contribution in [-0.4, -0.2) is 20.7 Å². The number of nitrogens with one attached hydrogen (secondary N) is 3. The third-order valence-electron chi connectivity index (χ3n) is 4.31. The SMILES string of the molecule is C=Cc1cc(CSNC(=O)NCc2ccc(C(C)(C)C)cc2)ccc1NS(C)(=O)=O. The summed E-state index contributed by atoms with van der Waals surface area (Å²) < 4.78 is 28.1. The topological polar surface area (TPSA) is 87.3 Å². The number of amides is 2. The first kappa shape index (κ1) is 23.8. The van der Waals surface area contributed by atoms with Gasteiger partial charge in [-0.25, -0.2) is 13.2 Å². The number of urea groups is 1. The van der Waals surface area contributed by atoms with Crippen molar-refractivity contribution in [1.82, 2.24) is 10.0 Å². The van der Waals surface area contributed by atoms with Crippen molar-refractivity contribution in [3.63, 3.8) is 0 Å². The van der Waals surface area contributed by atoms with Crippen LogP contribution in [0.5, 0.6) is 0 Å². The van der Waals surface area contributed by atoms with Gasteiger partial charge in [-0.05, 0) is 51.7 Å². The summed E-state index contributed by atoms with van der Waals surface area (Å²) in [5.74, 6) is 0.535. The van der Waals surface area contributed by atoms with Crippen molar-refractivity contribution < 1.29 is 13.2 Å². The Morgan fingerprint density at radius 2 is 1.73 bits per heavy atom. The molecule has 0 unspecified atom stereocenters. The van der Waals surface area contributed by atoms with Gasteiger partial charge < -0.3 is 5.32 Å². The summed E-state index contributed by atoms with van der Waals surface area (Å²) in [6, 6.07) is 13.3. The van der Waals surface area contributed by atoms with E-state index in [0.29, 0.717) is 23.5 Å². The van der Waals surface area contributed by atoms with Gasteiger partial charge >= 0.3 is 6.03 Å². The molecular formula is C22H29N3O3S2. The zero-order valence-electron chi connectivity index (χ0n) is 17.8. The lowest BCUT2D eigenvalue weighted by Crippen LogP contribution is -2.30. The van der Waals surface area contributed by atoms with Gasteiger partial charge in [0.25, 0.3) is 0 Å². The van der Waals surface area contributed by atoms with E-state index in [2.05, 4.69) is 54.2 Å². The predicted octanol–water partition coefficient (Wildman–Crippen LogP) is 4.65. The lowest BCUT2D eigenvalue weighted by Gasteiger charge is -2.19. The highest BCUT2D eigenvalue weighted by Crippen LogP contribution is 2.23. The van der Waals surface area contributed by atoms with Crippen LogP contribution in [0.3, 0.4) is 0 Å². The Bertz CT molecular complexity index is 995. The van der Waals surface area contributed by atoms with Crippen molar-refractivity contribution in [2.75, 3.05) is 11.0 Å². The number of sulfonamides is 1. The molecule has 0 spiro atoms. The molecule has 0 heterocycles. The first-order chi connectivity index (χ1) is 14.0. The summed E-state index contributed by atoms with van der Waals surface area (Å²) in [5, 5.41) is 2.84. The van der Waals surface area contributed by atoms with Gasteiger partial charge in [-0.2, -0.15) is 0 Å². The van der Waals surface area contributed by atoms with Crippen LogP contribution >= 0.6 is 11.9 Å². The molecule has 0 bridgehead atoms. The van der Waals surface area contributed by atoms with Crippen molar-refractivity contribution in [3.8, 4) is 0 Å². The van der Waals surface area contributed by atoms with Crippen molar-refractivity contribution in [1.29, 1.82) is 0 Å². The third kappa shape index (κ3) is 7.76. The van der Waals surface area contributed by atoms with E-state index in [-0.39, 0.29) is 11.4 Å². The smallest absolute Gasteiger partial charge is 0.325 e. The highest BCUT2D eigenvalue weighted by Gasteiger charge is 2.13. The second-order valence-corrected chi connectivity index (χ2v) is 10.6. The Hall–Kier alpha value is -2.45. The Balaban J connectivity index is 1.82. The Morgan fingerprint density at radius 1 is 1.10 bits per heavy atom. The molecule has 162 valence electrons. The summed E-state index contributed by atoms with van der Waals surface area (Å²) in [4.78, 5) is 12.0. The average molecular weight is 448 g/mol. The summed E-state index contributed by atoms with van der Waals surface area (Å²) in [5.41, 5.74) is 4.48. The standard InChI is InChI=1S/C22H29N3O3S2/c1-6-18-13-17(9-12-20(18)25-30(5,27)28)15-29-24-21(26)23-14-16-7-10-19(11-8-16)22(2,3)4/h6-13,25H,1,14-15H2,2-5H3,(H2,23,24,26). The van der Waals surface area contributed by atoms with E-state index < -0.39 is 10.0 Å². The van der Waals surface area contributed by atoms with Crippen LogP contribution < -0.4 is 14.8 Å². The summed E-state index contributed by atoms with van der Waals surface area (Å²) in [7, 11) is -3.36. The van der Waals surface area contributed by atoms with Gasteiger partial charge in [-0.15, -0.1) is 0 Å². The number of carbonyl (C=O) groups excluding carboxylic acids is 1. The Labute approximate surface area is 183 Å². The van der Waals surface area contributed by atoms with Crippen LogP contribution in [0.4, 0.5) is 10.5 Å². The van der Waals surface area contributed by atoms with E-state index in [1.54, 1.807) is 12.1 Å². The van der Waals surface area contributed by atoms with Gasteiger partial charge in [0, 0.05) is 12.3 Å². The van der Waals surface area contributed by atoms with E-state index in [1.807, 2.05) is 24.3 Å². The van der Waals surface area contributed by atoms with Crippen LogP contribution in [0.2, 0.25) is 0 Å². The molecule has 2 aromatic rings. The molecule has 2 amide bonds. The van der Waals surface area contributed by atoms with Crippen LogP contribution in [0.25, 0.3) is 6.08 Å². The maximum absolute atomic E-state index is 12.0. The fraction of sp³-hybridized carbons (Fsp3) is 0.318. The number of rotatable bonds is 8. The minimum Gasteiger partial charge on any atom is -0.333 e. The molecule has 0 radical (unpaired) electrons. The average Bonchev–Trinajstić information content (AvgIpc) is 2.66. The van der Waals surface area contributed by atoms with Crippen LogP contribution in [-0.2, 0) is 27.7 Å². The molecule has 30 heavy (non-hydrogen) atoms.